The first-order valence-corrected chi connectivity index (χ1v) is 6.02. The molecule has 18 heavy (non-hydrogen) atoms. The number of benzene rings is 1. The monoisotopic (exact) mass is 259 g/mol. The van der Waals surface area contributed by atoms with E-state index in [-0.39, 0.29) is 18.2 Å². The first-order valence-electron chi connectivity index (χ1n) is 6.02. The highest BCUT2D eigenvalue weighted by molar-refractivity contribution is 5.21. The highest BCUT2D eigenvalue weighted by Crippen LogP contribution is 2.17. The van der Waals surface area contributed by atoms with E-state index in [1.165, 1.54) is 6.07 Å². The fraction of sp³-hybridized carbons (Fsp3) is 0.538. The maximum Gasteiger partial charge on any atom is 0.131 e. The second-order valence-corrected chi connectivity index (χ2v) is 4.38. The van der Waals surface area contributed by atoms with Crippen LogP contribution in [0.3, 0.4) is 0 Å². The largest absolute Gasteiger partial charge is 0.393 e. The number of nitrogens with one attached hydrogen (secondary N) is 1. The summed E-state index contributed by atoms with van der Waals surface area (Å²) in [6, 6.07) is 3.12. The van der Waals surface area contributed by atoms with E-state index in [0.29, 0.717) is 13.0 Å². The van der Waals surface area contributed by atoms with Gasteiger partial charge in [-0.2, -0.15) is 0 Å². The highest BCUT2D eigenvalue weighted by atomic mass is 19.1. The van der Waals surface area contributed by atoms with Gasteiger partial charge in [-0.1, -0.05) is 6.07 Å². The van der Waals surface area contributed by atoms with Crippen LogP contribution in [-0.2, 0) is 0 Å². The lowest BCUT2D eigenvalue weighted by Crippen LogP contribution is -2.23. The number of hydrogen-bond acceptors (Lipinski definition) is 3. The number of halogens is 2. The fourth-order valence-corrected chi connectivity index (χ4v) is 1.64. The molecule has 0 amide bonds. The van der Waals surface area contributed by atoms with Crippen LogP contribution in [0.1, 0.15) is 31.4 Å². The topological polar surface area (TPSA) is 52.5 Å². The van der Waals surface area contributed by atoms with Crippen LogP contribution in [0.5, 0.6) is 0 Å². The molecule has 0 aliphatic rings. The fourth-order valence-electron chi connectivity index (χ4n) is 1.64. The molecule has 0 bridgehead atoms. The van der Waals surface area contributed by atoms with Crippen LogP contribution >= 0.6 is 0 Å². The predicted octanol–water partition coefficient (Wildman–Crippen LogP) is 1.75. The minimum Gasteiger partial charge on any atom is -0.393 e. The zero-order valence-corrected chi connectivity index (χ0v) is 10.4. The summed E-state index contributed by atoms with van der Waals surface area (Å²) in [4.78, 5) is 0. The zero-order chi connectivity index (χ0) is 13.5. The molecule has 0 saturated carbocycles. The van der Waals surface area contributed by atoms with Crippen molar-refractivity contribution in [2.24, 2.45) is 0 Å². The molecular weight excluding hydrogens is 240 g/mol. The molecule has 3 nitrogen and oxygen atoms in total. The van der Waals surface area contributed by atoms with E-state index < -0.39 is 17.7 Å². The van der Waals surface area contributed by atoms with Gasteiger partial charge < -0.3 is 15.5 Å². The van der Waals surface area contributed by atoms with E-state index in [1.54, 1.807) is 6.92 Å². The first kappa shape index (κ1) is 15.0. The summed E-state index contributed by atoms with van der Waals surface area (Å²) >= 11 is 0. The Hall–Kier alpha value is -1.04. The Morgan fingerprint density at radius 1 is 1.28 bits per heavy atom. The molecule has 1 aromatic carbocycles. The molecule has 0 fully saturated rings. The average molecular weight is 259 g/mol. The quantitative estimate of drug-likeness (QED) is 0.654. The number of aliphatic hydroxyl groups excluding tert-OH is 2. The molecule has 3 N–H and O–H groups in total. The number of hydrogen-bond donors (Lipinski definition) is 3. The predicted molar refractivity (Wildman–Crippen MR) is 65.1 cm³/mol. The molecular formula is C13H19F2NO2. The van der Waals surface area contributed by atoms with Gasteiger partial charge in [0, 0.05) is 18.2 Å². The van der Waals surface area contributed by atoms with Gasteiger partial charge in [0.1, 0.15) is 11.6 Å². The van der Waals surface area contributed by atoms with E-state index >= 15 is 0 Å². The molecule has 0 saturated heterocycles. The van der Waals surface area contributed by atoms with Crippen LogP contribution in [0.4, 0.5) is 8.78 Å². The molecule has 0 aliphatic heterocycles. The maximum absolute atomic E-state index is 13.3. The summed E-state index contributed by atoms with van der Waals surface area (Å²) in [5, 5.41) is 21.7. The van der Waals surface area contributed by atoms with Crippen molar-refractivity contribution < 1.29 is 19.0 Å². The average Bonchev–Trinajstić information content (AvgIpc) is 2.27. The van der Waals surface area contributed by atoms with E-state index in [0.717, 1.165) is 18.6 Å². The third-order valence-corrected chi connectivity index (χ3v) is 2.63. The minimum atomic E-state index is -1.00. The van der Waals surface area contributed by atoms with Gasteiger partial charge >= 0.3 is 0 Å². The standard InChI is InChI=1S/C13H19F2NO2/c1-9(17)3-2-6-16-8-13(18)11-5-4-10(14)7-12(11)15/h4-5,7,9,13,16-18H,2-3,6,8H2,1H3. The Bertz CT molecular complexity index is 372. The number of rotatable bonds is 7. The molecule has 102 valence electrons. The summed E-state index contributed by atoms with van der Waals surface area (Å²) in [6.45, 7) is 2.54. The Morgan fingerprint density at radius 2 is 2.00 bits per heavy atom. The van der Waals surface area contributed by atoms with E-state index in [4.69, 9.17) is 5.11 Å². The molecule has 0 radical (unpaired) electrons. The van der Waals surface area contributed by atoms with Gasteiger partial charge in [0.2, 0.25) is 0 Å². The van der Waals surface area contributed by atoms with Crippen molar-refractivity contribution in [1.29, 1.82) is 0 Å². The highest BCUT2D eigenvalue weighted by Gasteiger charge is 2.12. The van der Waals surface area contributed by atoms with Crippen LogP contribution in [0.25, 0.3) is 0 Å². The molecule has 0 heterocycles. The maximum atomic E-state index is 13.3. The van der Waals surface area contributed by atoms with Gasteiger partial charge in [-0.3, -0.25) is 0 Å². The SMILES string of the molecule is CC(O)CCCNCC(O)c1ccc(F)cc1F. The minimum absolute atomic E-state index is 0.0828. The summed E-state index contributed by atoms with van der Waals surface area (Å²) in [5.41, 5.74) is 0.0828. The summed E-state index contributed by atoms with van der Waals surface area (Å²) in [5.74, 6) is -1.40. The van der Waals surface area contributed by atoms with Gasteiger partial charge in [-0.25, -0.2) is 8.78 Å². The molecule has 1 aromatic rings. The lowest BCUT2D eigenvalue weighted by Gasteiger charge is -2.13. The zero-order valence-electron chi connectivity index (χ0n) is 10.4. The van der Waals surface area contributed by atoms with Gasteiger partial charge in [0.05, 0.1) is 12.2 Å². The van der Waals surface area contributed by atoms with Crippen LogP contribution in [0, 0.1) is 11.6 Å². The summed E-state index contributed by atoms with van der Waals surface area (Å²) in [6.07, 6.45) is 0.105. The van der Waals surface area contributed by atoms with Crippen molar-refractivity contribution in [3.63, 3.8) is 0 Å². The summed E-state index contributed by atoms with van der Waals surface area (Å²) < 4.78 is 26.0. The van der Waals surface area contributed by atoms with Crippen molar-refractivity contribution in [3.8, 4) is 0 Å². The Labute approximate surface area is 105 Å². The third-order valence-electron chi connectivity index (χ3n) is 2.63. The van der Waals surface area contributed by atoms with Crippen molar-refractivity contribution >= 4 is 0 Å². The molecule has 1 rings (SSSR count). The normalized spacial score (nSPS) is 14.5. The Kier molecular flexibility index (Phi) is 6.18. The lowest BCUT2D eigenvalue weighted by atomic mass is 10.1. The molecule has 2 atom stereocenters. The molecule has 2 unspecified atom stereocenters. The van der Waals surface area contributed by atoms with E-state index in [9.17, 15) is 13.9 Å². The number of aliphatic hydroxyl groups is 2. The summed E-state index contributed by atoms with van der Waals surface area (Å²) in [7, 11) is 0. The van der Waals surface area contributed by atoms with E-state index in [1.807, 2.05) is 0 Å². The first-order chi connectivity index (χ1) is 8.50. The van der Waals surface area contributed by atoms with Gasteiger partial charge in [0.25, 0.3) is 0 Å². The van der Waals surface area contributed by atoms with Crippen molar-refractivity contribution in [2.45, 2.75) is 32.0 Å². The Balaban J connectivity index is 2.34. The van der Waals surface area contributed by atoms with Crippen LogP contribution in [0.2, 0.25) is 0 Å². The molecule has 0 spiro atoms. The van der Waals surface area contributed by atoms with E-state index in [2.05, 4.69) is 5.32 Å². The van der Waals surface area contributed by atoms with Crippen molar-refractivity contribution in [2.75, 3.05) is 13.1 Å². The Morgan fingerprint density at radius 3 is 2.61 bits per heavy atom. The van der Waals surface area contributed by atoms with Gasteiger partial charge in [-0.05, 0) is 32.4 Å². The van der Waals surface area contributed by atoms with Gasteiger partial charge in [-0.15, -0.1) is 0 Å². The molecule has 0 aliphatic carbocycles. The third kappa shape index (κ3) is 5.08. The lowest BCUT2D eigenvalue weighted by molar-refractivity contribution is 0.165. The molecule has 5 heteroatoms. The smallest absolute Gasteiger partial charge is 0.131 e. The van der Waals surface area contributed by atoms with Crippen LogP contribution in [0.15, 0.2) is 18.2 Å². The van der Waals surface area contributed by atoms with Crippen LogP contribution in [-0.4, -0.2) is 29.4 Å². The van der Waals surface area contributed by atoms with Gasteiger partial charge in [0.15, 0.2) is 0 Å². The van der Waals surface area contributed by atoms with Crippen molar-refractivity contribution in [3.05, 3.63) is 35.4 Å². The molecule has 0 aromatic heterocycles. The second-order valence-electron chi connectivity index (χ2n) is 4.38. The second kappa shape index (κ2) is 7.41. The van der Waals surface area contributed by atoms with Crippen LogP contribution < -0.4 is 5.32 Å². The van der Waals surface area contributed by atoms with Crippen molar-refractivity contribution in [1.82, 2.24) is 5.32 Å².